The average molecular weight is 677 g/mol. The van der Waals surface area contributed by atoms with Crippen LogP contribution in [0.1, 0.15) is 72.4 Å². The van der Waals surface area contributed by atoms with Gasteiger partial charge >= 0.3 is 235 Å². The van der Waals surface area contributed by atoms with Crippen LogP contribution in [0.5, 0.6) is 11.5 Å². The Morgan fingerprint density at radius 1 is 0.667 bits per heavy atom. The number of hydrogen-bond acceptors (Lipinski definition) is 5. The number of benzene rings is 4. The van der Waals surface area contributed by atoms with Crippen molar-refractivity contribution in [1.29, 1.82) is 0 Å². The van der Waals surface area contributed by atoms with E-state index in [1.807, 2.05) is 12.1 Å². The molecule has 6 heteroatoms. The van der Waals surface area contributed by atoms with Crippen molar-refractivity contribution in [3.63, 3.8) is 0 Å². The Morgan fingerprint density at radius 3 is 1.64 bits per heavy atom. The maximum absolute atomic E-state index is 13.4. The van der Waals surface area contributed by atoms with E-state index in [0.717, 1.165) is 22.2 Å². The molecule has 5 nitrogen and oxygen atoms in total. The van der Waals surface area contributed by atoms with Crippen LogP contribution < -0.4 is 26.2 Å². The summed E-state index contributed by atoms with van der Waals surface area (Å²) in [5, 5.41) is 16.3. The van der Waals surface area contributed by atoms with Crippen LogP contribution >= 0.6 is 0 Å². The van der Waals surface area contributed by atoms with Crippen LogP contribution in [0.3, 0.4) is 0 Å². The third-order valence-corrected chi connectivity index (χ3v) is 10.8. The van der Waals surface area contributed by atoms with Crippen molar-refractivity contribution < 1.29 is 26.2 Å². The zero-order chi connectivity index (χ0) is 30.5. The normalized spacial score (nSPS) is 12.5. The summed E-state index contributed by atoms with van der Waals surface area (Å²) in [6.07, 6.45) is 1.67. The summed E-state index contributed by atoms with van der Waals surface area (Å²) >= 11 is -0.829. The van der Waals surface area contributed by atoms with E-state index in [1.54, 1.807) is 24.3 Å². The minimum absolute atomic E-state index is 0.101. The Bertz CT molecular complexity index is 1460. The van der Waals surface area contributed by atoms with Gasteiger partial charge in [0, 0.05) is 0 Å². The fraction of sp³-hybridized carbons (Fsp3) is 0.333. The van der Waals surface area contributed by atoms with Gasteiger partial charge in [-0.25, -0.2) is 0 Å². The monoisotopic (exact) mass is 676 g/mol. The Labute approximate surface area is 261 Å². The molecule has 0 heterocycles. The molecule has 0 saturated heterocycles. The molecule has 4 rings (SSSR count). The Morgan fingerprint density at radius 2 is 1.14 bits per heavy atom. The number of hydrogen-bond donors (Lipinski definition) is 0. The fourth-order valence-corrected chi connectivity index (χ4v) is 6.68. The van der Waals surface area contributed by atoms with Gasteiger partial charge < -0.3 is 0 Å². The molecule has 0 unspecified atom stereocenters. The van der Waals surface area contributed by atoms with E-state index in [2.05, 4.69) is 114 Å². The van der Waals surface area contributed by atoms with Crippen LogP contribution in [0.4, 0.5) is 5.69 Å². The summed E-state index contributed by atoms with van der Waals surface area (Å²) in [7, 11) is 0. The minimum atomic E-state index is -0.829. The molecule has 0 N–H and O–H groups in total. The maximum atomic E-state index is 13.4. The van der Waals surface area contributed by atoms with Crippen molar-refractivity contribution >= 4 is 5.69 Å². The molecule has 0 atom stereocenters. The van der Waals surface area contributed by atoms with E-state index < -0.39 is 27.0 Å². The first-order valence-electron chi connectivity index (χ1n) is 14.3. The van der Waals surface area contributed by atoms with Crippen molar-refractivity contribution in [3.05, 3.63) is 122 Å². The topological polar surface area (TPSA) is 65.0 Å². The zero-order valence-electron chi connectivity index (χ0n) is 25.6. The van der Waals surface area contributed by atoms with Gasteiger partial charge in [0.25, 0.3) is 0 Å². The standard InChI is InChI=1S/C36H41IN2O3/c1-34(2,3)28-12-8-26(9-13-28)27-10-16-30(17-11-27)37-39(41)36(6,7)25-24-35(4,5)29-14-20-32(21-15-29)42-33-22-18-31(38-40)19-23-33/h8-23H,24-25H2,1-7H3/q-2. The van der Waals surface area contributed by atoms with E-state index in [9.17, 15) is 10.1 Å². The third kappa shape index (κ3) is 8.27. The quantitative estimate of drug-likeness (QED) is 0.0722. The van der Waals surface area contributed by atoms with E-state index >= 15 is 0 Å². The van der Waals surface area contributed by atoms with Crippen molar-refractivity contribution in [2.45, 2.75) is 77.7 Å². The molecule has 0 bridgehead atoms. The molecule has 0 fully saturated rings. The first-order chi connectivity index (χ1) is 19.8. The number of halogens is 1. The Kier molecular flexibility index (Phi) is 9.91. The predicted octanol–water partition coefficient (Wildman–Crippen LogP) is 7.35. The third-order valence-electron chi connectivity index (χ3n) is 7.75. The van der Waals surface area contributed by atoms with Crippen molar-refractivity contribution in [1.82, 2.24) is 3.28 Å². The van der Waals surface area contributed by atoms with Crippen LogP contribution in [0, 0.1) is 13.7 Å². The SMILES string of the molecule is CC(C)(C)c1ccc(-c2ccc([I-]N([O-])C(C)(C)CCC(C)(C)c3ccc(Oc4ccc(N=O)cc4)cc3)cc2)cc1. The number of ether oxygens (including phenoxy) is 1. The molecule has 4 aromatic carbocycles. The fourth-order valence-electron chi connectivity index (χ4n) is 4.60. The van der Waals surface area contributed by atoms with Gasteiger partial charge in [-0.15, -0.1) is 4.91 Å². The summed E-state index contributed by atoms with van der Waals surface area (Å²) in [5.74, 6) is 1.38. The summed E-state index contributed by atoms with van der Waals surface area (Å²) in [4.78, 5) is 10.6. The van der Waals surface area contributed by atoms with Gasteiger partial charge in [0.2, 0.25) is 0 Å². The second-order valence-electron chi connectivity index (χ2n) is 13.1. The summed E-state index contributed by atoms with van der Waals surface area (Å²) in [6.45, 7) is 15.2. The van der Waals surface area contributed by atoms with E-state index in [1.165, 1.54) is 25.5 Å². The molecule has 0 aliphatic heterocycles. The van der Waals surface area contributed by atoms with Crippen molar-refractivity contribution in [3.8, 4) is 22.6 Å². The van der Waals surface area contributed by atoms with Crippen LogP contribution in [0.2, 0.25) is 0 Å². The molecule has 0 aliphatic carbocycles. The summed E-state index contributed by atoms with van der Waals surface area (Å²) < 4.78 is 8.36. The summed E-state index contributed by atoms with van der Waals surface area (Å²) in [6, 6.07) is 32.1. The molecular weight excluding hydrogens is 635 g/mol. The number of nitrogens with zero attached hydrogens (tertiary/aromatic N) is 2. The van der Waals surface area contributed by atoms with Gasteiger partial charge in [-0.1, -0.05) is 0 Å². The number of hydroxylamine groups is 1. The van der Waals surface area contributed by atoms with E-state index in [0.29, 0.717) is 11.4 Å². The van der Waals surface area contributed by atoms with Crippen LogP contribution in [-0.4, -0.2) is 8.82 Å². The van der Waals surface area contributed by atoms with Crippen molar-refractivity contribution in [2.24, 2.45) is 5.18 Å². The predicted molar refractivity (Wildman–Crippen MR) is 169 cm³/mol. The second kappa shape index (κ2) is 13.1. The molecule has 0 aromatic heterocycles. The van der Waals surface area contributed by atoms with Gasteiger partial charge in [-0.3, -0.25) is 0 Å². The molecule has 0 aliphatic rings. The van der Waals surface area contributed by atoms with E-state index in [-0.39, 0.29) is 10.8 Å². The molecule has 4 aromatic rings. The molecular formula is C36H41IN2O3-2. The van der Waals surface area contributed by atoms with Gasteiger partial charge in [0.1, 0.15) is 5.69 Å². The average Bonchev–Trinajstić information content (AvgIpc) is 2.97. The Hall–Kier alpha value is -3.07. The van der Waals surface area contributed by atoms with E-state index in [4.69, 9.17) is 4.74 Å². The van der Waals surface area contributed by atoms with Crippen LogP contribution in [0.15, 0.2) is 102 Å². The first kappa shape index (κ1) is 31.9. The first-order valence-corrected chi connectivity index (χ1v) is 16.4. The molecule has 0 saturated carbocycles. The molecule has 42 heavy (non-hydrogen) atoms. The zero-order valence-corrected chi connectivity index (χ0v) is 27.8. The summed E-state index contributed by atoms with van der Waals surface area (Å²) in [5.41, 5.74) is 4.84. The van der Waals surface area contributed by atoms with Crippen molar-refractivity contribution in [2.75, 3.05) is 0 Å². The second-order valence-corrected chi connectivity index (χ2v) is 15.7. The molecule has 222 valence electrons. The Balaban J connectivity index is 1.32. The molecule has 0 amide bonds. The van der Waals surface area contributed by atoms with Crippen LogP contribution in [-0.2, 0) is 10.8 Å². The number of nitroso groups, excluding NO2 is 1. The van der Waals surface area contributed by atoms with Gasteiger partial charge in [-0.05, 0) is 17.3 Å². The number of rotatable bonds is 11. The van der Waals surface area contributed by atoms with Gasteiger partial charge in [0.05, 0.1) is 0 Å². The van der Waals surface area contributed by atoms with Gasteiger partial charge in [-0.2, -0.15) is 0 Å². The molecule has 0 spiro atoms. The van der Waals surface area contributed by atoms with Crippen LogP contribution in [0.25, 0.3) is 11.1 Å². The van der Waals surface area contributed by atoms with Gasteiger partial charge in [0.15, 0.2) is 0 Å². The molecule has 0 radical (unpaired) electrons.